The molecule has 1 aromatic carbocycles. The number of nitrogens with one attached hydrogen (secondary N) is 1. The van der Waals surface area contributed by atoms with Gasteiger partial charge in [0.05, 0.1) is 12.8 Å². The highest BCUT2D eigenvalue weighted by Gasteiger charge is 2.14. The van der Waals surface area contributed by atoms with Crippen molar-refractivity contribution in [3.8, 4) is 17.0 Å². The highest BCUT2D eigenvalue weighted by molar-refractivity contribution is 7.98. The van der Waals surface area contributed by atoms with E-state index in [0.717, 1.165) is 16.0 Å². The number of aromatic carboxylic acids is 1. The number of hydrogen-bond donors (Lipinski definition) is 2. The third-order valence-electron chi connectivity index (χ3n) is 2.80. The van der Waals surface area contributed by atoms with Crippen LogP contribution in [0.1, 0.15) is 16.1 Å². The molecule has 100 valence electrons. The lowest BCUT2D eigenvalue weighted by Crippen LogP contribution is -1.95. The summed E-state index contributed by atoms with van der Waals surface area (Å²) >= 11 is 1.63. The minimum atomic E-state index is -1.03. The summed E-state index contributed by atoms with van der Waals surface area (Å²) in [7, 11) is 1.59. The fraction of sp³-hybridized carbons (Fsp3) is 0.231. The Balaban J connectivity index is 2.55. The van der Waals surface area contributed by atoms with Gasteiger partial charge in [0.2, 0.25) is 0 Å². The van der Waals surface area contributed by atoms with E-state index < -0.39 is 5.97 Å². The third-order valence-corrected chi connectivity index (χ3v) is 3.68. The Labute approximate surface area is 115 Å². The van der Waals surface area contributed by atoms with Gasteiger partial charge in [-0.15, -0.1) is 11.8 Å². The highest BCUT2D eigenvalue weighted by Crippen LogP contribution is 2.35. The summed E-state index contributed by atoms with van der Waals surface area (Å²) < 4.78 is 5.34. The Bertz CT molecular complexity index is 622. The van der Waals surface area contributed by atoms with Gasteiger partial charge < -0.3 is 9.84 Å². The molecule has 2 N–H and O–H groups in total. The molecule has 1 heterocycles. The average Bonchev–Trinajstić information content (AvgIpc) is 2.88. The molecule has 0 amide bonds. The molecular formula is C13H14N2O3S. The number of aromatic nitrogens is 2. The number of H-pyrrole nitrogens is 1. The van der Waals surface area contributed by atoms with Crippen molar-refractivity contribution in [2.45, 2.75) is 11.8 Å². The lowest BCUT2D eigenvalue weighted by atomic mass is 10.1. The van der Waals surface area contributed by atoms with Crippen LogP contribution in [0.25, 0.3) is 11.3 Å². The first-order valence-electron chi connectivity index (χ1n) is 5.58. The molecule has 0 atom stereocenters. The molecule has 0 radical (unpaired) electrons. The standard InChI is InChI=1S/C13H14N2O3S/c1-7-4-11(18-2)8(5-12(7)19-3)9-6-10(13(16)17)15-14-9/h4-6H,1-3H3,(H,14,15)(H,16,17). The van der Waals surface area contributed by atoms with Crippen molar-refractivity contribution in [2.75, 3.05) is 13.4 Å². The zero-order valence-corrected chi connectivity index (χ0v) is 11.7. The molecule has 6 heteroatoms. The van der Waals surface area contributed by atoms with E-state index in [1.165, 1.54) is 6.07 Å². The number of nitrogens with zero attached hydrogens (tertiary/aromatic N) is 1. The lowest BCUT2D eigenvalue weighted by molar-refractivity contribution is 0.0690. The topological polar surface area (TPSA) is 75.2 Å². The van der Waals surface area contributed by atoms with Crippen LogP contribution in [0.15, 0.2) is 23.1 Å². The van der Waals surface area contributed by atoms with E-state index in [4.69, 9.17) is 9.84 Å². The molecule has 0 unspecified atom stereocenters. The van der Waals surface area contributed by atoms with Gasteiger partial charge in [-0.2, -0.15) is 5.10 Å². The number of benzene rings is 1. The van der Waals surface area contributed by atoms with Gasteiger partial charge in [-0.3, -0.25) is 5.10 Å². The molecule has 19 heavy (non-hydrogen) atoms. The van der Waals surface area contributed by atoms with Gasteiger partial charge in [0.1, 0.15) is 11.4 Å². The van der Waals surface area contributed by atoms with Gasteiger partial charge in [0.15, 0.2) is 0 Å². The van der Waals surface area contributed by atoms with E-state index in [0.29, 0.717) is 11.4 Å². The first-order valence-corrected chi connectivity index (χ1v) is 6.81. The lowest BCUT2D eigenvalue weighted by Gasteiger charge is -2.10. The summed E-state index contributed by atoms with van der Waals surface area (Å²) in [5.41, 5.74) is 2.51. The smallest absolute Gasteiger partial charge is 0.353 e. The van der Waals surface area contributed by atoms with E-state index in [1.54, 1.807) is 18.9 Å². The van der Waals surface area contributed by atoms with Gasteiger partial charge in [0, 0.05) is 10.5 Å². The van der Waals surface area contributed by atoms with Crippen molar-refractivity contribution < 1.29 is 14.6 Å². The number of aryl methyl sites for hydroxylation is 1. The van der Waals surface area contributed by atoms with Crippen LogP contribution in [0.4, 0.5) is 0 Å². The normalized spacial score (nSPS) is 10.5. The summed E-state index contributed by atoms with van der Waals surface area (Å²) in [5.74, 6) is -0.353. The van der Waals surface area contributed by atoms with Crippen molar-refractivity contribution >= 4 is 17.7 Å². The summed E-state index contributed by atoms with van der Waals surface area (Å²) in [6.45, 7) is 2.01. The number of carbonyl (C=O) groups is 1. The minimum Gasteiger partial charge on any atom is -0.496 e. The summed E-state index contributed by atoms with van der Waals surface area (Å²) in [6, 6.07) is 5.39. The largest absolute Gasteiger partial charge is 0.496 e. The Kier molecular flexibility index (Phi) is 3.80. The molecule has 0 fully saturated rings. The van der Waals surface area contributed by atoms with Crippen LogP contribution in [-0.4, -0.2) is 34.6 Å². The fourth-order valence-corrected chi connectivity index (χ4v) is 2.44. The number of methoxy groups -OCH3 is 1. The van der Waals surface area contributed by atoms with E-state index in [-0.39, 0.29) is 5.69 Å². The number of carboxylic acids is 1. The molecule has 2 rings (SSSR count). The second kappa shape index (κ2) is 5.36. The number of ether oxygens (including phenoxy) is 1. The van der Waals surface area contributed by atoms with Crippen LogP contribution in [0.3, 0.4) is 0 Å². The number of carboxylic acid groups (broad SMARTS) is 1. The van der Waals surface area contributed by atoms with Gasteiger partial charge >= 0.3 is 5.97 Å². The van der Waals surface area contributed by atoms with E-state index in [2.05, 4.69) is 10.2 Å². The van der Waals surface area contributed by atoms with Crippen molar-refractivity contribution in [2.24, 2.45) is 0 Å². The molecule has 0 aliphatic heterocycles. The zero-order valence-electron chi connectivity index (χ0n) is 10.9. The highest BCUT2D eigenvalue weighted by atomic mass is 32.2. The van der Waals surface area contributed by atoms with Crippen molar-refractivity contribution in [3.05, 3.63) is 29.5 Å². The van der Waals surface area contributed by atoms with Gasteiger partial charge in [-0.25, -0.2) is 4.79 Å². The molecule has 5 nitrogen and oxygen atoms in total. The second-order valence-corrected chi connectivity index (χ2v) is 4.84. The van der Waals surface area contributed by atoms with Crippen molar-refractivity contribution in [3.63, 3.8) is 0 Å². The van der Waals surface area contributed by atoms with Crippen LogP contribution >= 0.6 is 11.8 Å². The first kappa shape index (κ1) is 13.5. The second-order valence-electron chi connectivity index (χ2n) is 3.99. The van der Waals surface area contributed by atoms with E-state index in [1.807, 2.05) is 25.3 Å². The number of rotatable bonds is 4. The molecule has 0 bridgehead atoms. The van der Waals surface area contributed by atoms with E-state index >= 15 is 0 Å². The molecule has 0 aliphatic rings. The Morgan fingerprint density at radius 2 is 2.16 bits per heavy atom. The average molecular weight is 278 g/mol. The Hall–Kier alpha value is -1.95. The number of hydrogen-bond acceptors (Lipinski definition) is 4. The monoisotopic (exact) mass is 278 g/mol. The first-order chi connectivity index (χ1) is 9.06. The Morgan fingerprint density at radius 3 is 2.68 bits per heavy atom. The quantitative estimate of drug-likeness (QED) is 0.841. The molecule has 0 saturated carbocycles. The summed E-state index contributed by atoms with van der Waals surface area (Å²) in [4.78, 5) is 12.0. The predicted octanol–water partition coefficient (Wildman–Crippen LogP) is 2.81. The number of aromatic amines is 1. The predicted molar refractivity (Wildman–Crippen MR) is 74.1 cm³/mol. The Morgan fingerprint density at radius 1 is 1.42 bits per heavy atom. The maximum absolute atomic E-state index is 10.9. The van der Waals surface area contributed by atoms with Crippen molar-refractivity contribution in [1.82, 2.24) is 10.2 Å². The van der Waals surface area contributed by atoms with Crippen LogP contribution in [0, 0.1) is 6.92 Å². The number of thioether (sulfide) groups is 1. The van der Waals surface area contributed by atoms with Gasteiger partial charge in [-0.1, -0.05) is 0 Å². The van der Waals surface area contributed by atoms with Gasteiger partial charge in [0.25, 0.3) is 0 Å². The fourth-order valence-electron chi connectivity index (χ4n) is 1.82. The van der Waals surface area contributed by atoms with Crippen LogP contribution in [0.2, 0.25) is 0 Å². The molecule has 0 spiro atoms. The zero-order chi connectivity index (χ0) is 14.0. The van der Waals surface area contributed by atoms with Crippen molar-refractivity contribution in [1.29, 1.82) is 0 Å². The summed E-state index contributed by atoms with van der Waals surface area (Å²) in [5, 5.41) is 15.4. The van der Waals surface area contributed by atoms with Crippen LogP contribution in [0.5, 0.6) is 5.75 Å². The molecule has 1 aromatic heterocycles. The third kappa shape index (κ3) is 2.58. The maximum Gasteiger partial charge on any atom is 0.353 e. The van der Waals surface area contributed by atoms with E-state index in [9.17, 15) is 4.79 Å². The minimum absolute atomic E-state index is 0.0586. The molecule has 0 saturated heterocycles. The maximum atomic E-state index is 10.9. The molecular weight excluding hydrogens is 264 g/mol. The molecule has 0 aliphatic carbocycles. The molecule has 2 aromatic rings. The SMILES string of the molecule is COc1cc(C)c(SC)cc1-c1cc(C(=O)O)[nH]n1. The summed E-state index contributed by atoms with van der Waals surface area (Å²) in [6.07, 6.45) is 1.99. The van der Waals surface area contributed by atoms with Crippen LogP contribution in [-0.2, 0) is 0 Å². The van der Waals surface area contributed by atoms with Crippen LogP contribution < -0.4 is 4.74 Å². The van der Waals surface area contributed by atoms with Gasteiger partial charge in [-0.05, 0) is 36.9 Å².